The molecule has 0 fully saturated rings. The maximum Gasteiger partial charge on any atom is 0.151 e. The van der Waals surface area contributed by atoms with Gasteiger partial charge in [0.25, 0.3) is 0 Å². The molecule has 0 bridgehead atoms. The van der Waals surface area contributed by atoms with Gasteiger partial charge in [0, 0.05) is 13.0 Å². The first-order valence-corrected chi connectivity index (χ1v) is 5.61. The Kier molecular flexibility index (Phi) is 3.19. The number of hydrogen-bond donors (Lipinski definition) is 1. The number of imidazole rings is 1. The zero-order chi connectivity index (χ0) is 11.5. The van der Waals surface area contributed by atoms with E-state index in [2.05, 4.69) is 4.98 Å². The molecule has 86 valence electrons. The molecular weight excluding hydrogens is 205 g/mol. The third-order valence-corrected chi connectivity index (χ3v) is 2.73. The van der Waals surface area contributed by atoms with Gasteiger partial charge in [-0.25, -0.2) is 9.37 Å². The van der Waals surface area contributed by atoms with Crippen molar-refractivity contribution < 1.29 is 4.39 Å². The third-order valence-electron chi connectivity index (χ3n) is 2.73. The van der Waals surface area contributed by atoms with Crippen LogP contribution in [-0.4, -0.2) is 16.1 Å². The van der Waals surface area contributed by atoms with Crippen molar-refractivity contribution in [2.45, 2.75) is 26.3 Å². The molecule has 0 unspecified atom stereocenters. The van der Waals surface area contributed by atoms with E-state index in [4.69, 9.17) is 5.73 Å². The summed E-state index contributed by atoms with van der Waals surface area (Å²) in [5.74, 6) is 0.673. The molecule has 2 aromatic rings. The summed E-state index contributed by atoms with van der Waals surface area (Å²) < 4.78 is 15.6. The van der Waals surface area contributed by atoms with Crippen LogP contribution in [0.4, 0.5) is 4.39 Å². The number of nitrogens with two attached hydrogens (primary N) is 1. The predicted octanol–water partition coefficient (Wildman–Crippen LogP) is 2.09. The van der Waals surface area contributed by atoms with Gasteiger partial charge in [-0.05, 0) is 32.0 Å². The standard InChI is InChI=1S/C12H16FN3/c1-2-16-10-6-3-5-9(13)12(10)15-11(16)7-4-8-14/h3,5-6H,2,4,7-8,14H2,1H3. The number of benzene rings is 1. The molecule has 2 rings (SSSR count). The van der Waals surface area contributed by atoms with Gasteiger partial charge in [0.2, 0.25) is 0 Å². The van der Waals surface area contributed by atoms with Crippen molar-refractivity contribution in [1.82, 2.24) is 9.55 Å². The highest BCUT2D eigenvalue weighted by Gasteiger charge is 2.11. The predicted molar refractivity (Wildman–Crippen MR) is 62.7 cm³/mol. The fraction of sp³-hybridized carbons (Fsp3) is 0.417. The summed E-state index contributed by atoms with van der Waals surface area (Å²) in [7, 11) is 0. The summed E-state index contributed by atoms with van der Waals surface area (Å²) in [5, 5.41) is 0. The lowest BCUT2D eigenvalue weighted by Gasteiger charge is -2.04. The van der Waals surface area contributed by atoms with Crippen molar-refractivity contribution in [1.29, 1.82) is 0 Å². The van der Waals surface area contributed by atoms with Crippen molar-refractivity contribution >= 4 is 11.0 Å². The molecule has 0 atom stereocenters. The van der Waals surface area contributed by atoms with Crippen LogP contribution in [0.1, 0.15) is 19.2 Å². The largest absolute Gasteiger partial charge is 0.330 e. The molecule has 0 saturated carbocycles. The Morgan fingerprint density at radius 1 is 1.44 bits per heavy atom. The maximum absolute atomic E-state index is 13.5. The summed E-state index contributed by atoms with van der Waals surface area (Å²) in [5.41, 5.74) is 6.82. The van der Waals surface area contributed by atoms with Crippen LogP contribution in [0.15, 0.2) is 18.2 Å². The van der Waals surface area contributed by atoms with Gasteiger partial charge in [0.15, 0.2) is 5.82 Å². The van der Waals surface area contributed by atoms with E-state index in [-0.39, 0.29) is 5.82 Å². The number of halogens is 1. The smallest absolute Gasteiger partial charge is 0.151 e. The minimum atomic E-state index is -0.251. The number of nitrogens with zero attached hydrogens (tertiary/aromatic N) is 2. The van der Waals surface area contributed by atoms with E-state index in [0.29, 0.717) is 12.1 Å². The average Bonchev–Trinajstić information content (AvgIpc) is 2.65. The van der Waals surface area contributed by atoms with Crippen LogP contribution >= 0.6 is 0 Å². The summed E-state index contributed by atoms with van der Waals surface area (Å²) >= 11 is 0. The fourth-order valence-corrected chi connectivity index (χ4v) is 1.96. The topological polar surface area (TPSA) is 43.8 Å². The molecular formula is C12H16FN3. The van der Waals surface area contributed by atoms with E-state index >= 15 is 0 Å². The summed E-state index contributed by atoms with van der Waals surface area (Å²) in [4.78, 5) is 4.35. The second-order valence-electron chi connectivity index (χ2n) is 3.77. The zero-order valence-electron chi connectivity index (χ0n) is 9.41. The quantitative estimate of drug-likeness (QED) is 0.859. The fourth-order valence-electron chi connectivity index (χ4n) is 1.96. The van der Waals surface area contributed by atoms with E-state index < -0.39 is 0 Å². The van der Waals surface area contributed by atoms with Gasteiger partial charge in [0.05, 0.1) is 5.52 Å². The zero-order valence-corrected chi connectivity index (χ0v) is 9.41. The van der Waals surface area contributed by atoms with Crippen LogP contribution in [-0.2, 0) is 13.0 Å². The SMILES string of the molecule is CCn1c(CCCN)nc2c(F)cccc21. The van der Waals surface area contributed by atoms with Gasteiger partial charge in [-0.15, -0.1) is 0 Å². The lowest BCUT2D eigenvalue weighted by Crippen LogP contribution is -2.06. The van der Waals surface area contributed by atoms with Gasteiger partial charge in [-0.1, -0.05) is 6.07 Å². The Morgan fingerprint density at radius 2 is 2.25 bits per heavy atom. The number of aryl methyl sites for hydroxylation is 2. The Hall–Kier alpha value is -1.42. The molecule has 3 nitrogen and oxygen atoms in total. The summed E-state index contributed by atoms with van der Waals surface area (Å²) in [6.45, 7) is 3.48. The number of fused-ring (bicyclic) bond motifs is 1. The average molecular weight is 221 g/mol. The molecule has 0 spiro atoms. The van der Waals surface area contributed by atoms with Crippen LogP contribution in [0.5, 0.6) is 0 Å². The van der Waals surface area contributed by atoms with Crippen LogP contribution in [0.25, 0.3) is 11.0 Å². The normalized spacial score (nSPS) is 11.2. The van der Waals surface area contributed by atoms with Gasteiger partial charge in [-0.3, -0.25) is 0 Å². The van der Waals surface area contributed by atoms with Gasteiger partial charge in [-0.2, -0.15) is 0 Å². The third kappa shape index (κ3) is 1.80. The lowest BCUT2D eigenvalue weighted by molar-refractivity contribution is 0.637. The number of hydrogen-bond acceptors (Lipinski definition) is 2. The van der Waals surface area contributed by atoms with E-state index in [1.165, 1.54) is 6.07 Å². The van der Waals surface area contributed by atoms with Gasteiger partial charge >= 0.3 is 0 Å². The highest BCUT2D eigenvalue weighted by atomic mass is 19.1. The number of rotatable bonds is 4. The highest BCUT2D eigenvalue weighted by molar-refractivity contribution is 5.76. The van der Waals surface area contributed by atoms with Gasteiger partial charge < -0.3 is 10.3 Å². The Bertz CT molecular complexity index is 490. The molecule has 0 aliphatic heterocycles. The van der Waals surface area contributed by atoms with E-state index in [1.807, 2.05) is 17.6 Å². The molecule has 1 aromatic carbocycles. The number of para-hydroxylation sites is 1. The second-order valence-corrected chi connectivity index (χ2v) is 3.77. The molecule has 0 aliphatic rings. The molecule has 0 aliphatic carbocycles. The van der Waals surface area contributed by atoms with Crippen molar-refractivity contribution in [3.05, 3.63) is 29.8 Å². The first kappa shape index (κ1) is 11.1. The molecule has 4 heteroatoms. The molecule has 16 heavy (non-hydrogen) atoms. The second kappa shape index (κ2) is 4.61. The maximum atomic E-state index is 13.5. The first-order chi connectivity index (χ1) is 7.77. The summed E-state index contributed by atoms with van der Waals surface area (Å²) in [6, 6.07) is 5.07. The molecule has 1 heterocycles. The number of aromatic nitrogens is 2. The van der Waals surface area contributed by atoms with Crippen molar-refractivity contribution in [2.24, 2.45) is 5.73 Å². The van der Waals surface area contributed by atoms with Crippen molar-refractivity contribution in [3.8, 4) is 0 Å². The van der Waals surface area contributed by atoms with E-state index in [0.717, 1.165) is 30.7 Å². The lowest BCUT2D eigenvalue weighted by atomic mass is 10.3. The van der Waals surface area contributed by atoms with Crippen LogP contribution in [0.2, 0.25) is 0 Å². The Labute approximate surface area is 94.1 Å². The summed E-state index contributed by atoms with van der Waals surface area (Å²) in [6.07, 6.45) is 1.68. The molecule has 1 aromatic heterocycles. The molecule has 0 radical (unpaired) electrons. The monoisotopic (exact) mass is 221 g/mol. The van der Waals surface area contributed by atoms with E-state index in [9.17, 15) is 4.39 Å². The highest BCUT2D eigenvalue weighted by Crippen LogP contribution is 2.19. The minimum Gasteiger partial charge on any atom is -0.330 e. The minimum absolute atomic E-state index is 0.251. The van der Waals surface area contributed by atoms with Gasteiger partial charge in [0.1, 0.15) is 11.3 Å². The van der Waals surface area contributed by atoms with Crippen LogP contribution in [0, 0.1) is 5.82 Å². The van der Waals surface area contributed by atoms with Crippen LogP contribution in [0.3, 0.4) is 0 Å². The van der Waals surface area contributed by atoms with Crippen LogP contribution < -0.4 is 5.73 Å². The molecule has 0 amide bonds. The Morgan fingerprint density at radius 3 is 2.94 bits per heavy atom. The molecule has 0 saturated heterocycles. The van der Waals surface area contributed by atoms with E-state index in [1.54, 1.807) is 6.07 Å². The van der Waals surface area contributed by atoms with Crippen molar-refractivity contribution in [3.63, 3.8) is 0 Å². The Balaban J connectivity index is 2.52. The first-order valence-electron chi connectivity index (χ1n) is 5.61. The molecule has 2 N–H and O–H groups in total. The van der Waals surface area contributed by atoms with Crippen molar-refractivity contribution in [2.75, 3.05) is 6.54 Å².